The minimum atomic E-state index is -5.58. The van der Waals surface area contributed by atoms with Crippen molar-refractivity contribution in [2.24, 2.45) is 0 Å². The van der Waals surface area contributed by atoms with Gasteiger partial charge in [0.15, 0.2) is 0 Å². The van der Waals surface area contributed by atoms with Crippen molar-refractivity contribution in [3.05, 3.63) is 64.3 Å². The number of halogens is 3. The normalized spacial score (nSPS) is 15.5. The standard InChI is InChI=1S/C21H22F3N5O7S2/c1-14-19(30)29(16-2-4-17(5-3-16)37(32,33)21(22,23)24)20(31)28(14)13-15-6-7-25-18(12-15)26-38(34,35)27-8-10-36-11-9-27/h2-7,12,30H,8-11,13H2,1H3,(H,25,26). The fourth-order valence-electron chi connectivity index (χ4n) is 3.76. The zero-order valence-electron chi connectivity index (χ0n) is 19.7. The minimum absolute atomic E-state index is 0.00445. The first-order valence-electron chi connectivity index (χ1n) is 11.0. The molecule has 0 atom stereocenters. The van der Waals surface area contributed by atoms with Crippen LogP contribution in [0.25, 0.3) is 5.69 Å². The molecule has 3 aromatic rings. The lowest BCUT2D eigenvalue weighted by atomic mass is 10.2. The maximum atomic E-state index is 13.1. The van der Waals surface area contributed by atoms with Crippen LogP contribution in [0, 0.1) is 6.92 Å². The van der Waals surface area contributed by atoms with E-state index in [2.05, 4.69) is 9.71 Å². The molecule has 12 nitrogen and oxygen atoms in total. The average Bonchev–Trinajstić information content (AvgIpc) is 3.07. The van der Waals surface area contributed by atoms with Crippen molar-refractivity contribution in [1.29, 1.82) is 0 Å². The van der Waals surface area contributed by atoms with E-state index in [9.17, 15) is 39.9 Å². The maximum absolute atomic E-state index is 13.1. The van der Waals surface area contributed by atoms with E-state index in [0.29, 0.717) is 17.7 Å². The first-order chi connectivity index (χ1) is 17.7. The van der Waals surface area contributed by atoms with Crippen molar-refractivity contribution in [2.45, 2.75) is 23.9 Å². The summed E-state index contributed by atoms with van der Waals surface area (Å²) in [6.45, 7) is 2.20. The summed E-state index contributed by atoms with van der Waals surface area (Å²) >= 11 is 0. The molecule has 4 rings (SSSR count). The number of nitrogens with one attached hydrogen (secondary N) is 1. The van der Waals surface area contributed by atoms with E-state index in [1.807, 2.05) is 0 Å². The summed E-state index contributed by atoms with van der Waals surface area (Å²) in [5, 5.41) is 10.6. The third-order valence-electron chi connectivity index (χ3n) is 5.78. The van der Waals surface area contributed by atoms with Crippen LogP contribution in [0.2, 0.25) is 0 Å². The van der Waals surface area contributed by atoms with Gasteiger partial charge in [-0.1, -0.05) is 0 Å². The van der Waals surface area contributed by atoms with E-state index in [0.717, 1.165) is 21.3 Å². The van der Waals surface area contributed by atoms with Crippen molar-refractivity contribution < 1.29 is 39.9 Å². The van der Waals surface area contributed by atoms with E-state index in [4.69, 9.17) is 4.74 Å². The fourth-order valence-corrected chi connectivity index (χ4v) is 5.66. The molecule has 1 aliphatic heterocycles. The second-order valence-corrected chi connectivity index (χ2v) is 11.8. The van der Waals surface area contributed by atoms with Crippen molar-refractivity contribution in [1.82, 2.24) is 18.4 Å². The van der Waals surface area contributed by atoms with Crippen LogP contribution in [0.5, 0.6) is 5.88 Å². The number of aromatic nitrogens is 3. The Labute approximate surface area is 215 Å². The van der Waals surface area contributed by atoms with Gasteiger partial charge in [0.1, 0.15) is 5.82 Å². The number of sulfone groups is 1. The van der Waals surface area contributed by atoms with Crippen molar-refractivity contribution in [3.63, 3.8) is 0 Å². The SMILES string of the molecule is Cc1c(O)n(-c2ccc(S(=O)(=O)C(F)(F)F)cc2)c(=O)n1Cc1ccnc(NS(=O)(=O)N2CCOCC2)c1. The van der Waals surface area contributed by atoms with Gasteiger partial charge in [-0.05, 0) is 48.9 Å². The molecule has 0 aliphatic carbocycles. The Morgan fingerprint density at radius 2 is 1.71 bits per heavy atom. The van der Waals surface area contributed by atoms with E-state index >= 15 is 0 Å². The highest BCUT2D eigenvalue weighted by Crippen LogP contribution is 2.31. The van der Waals surface area contributed by atoms with Crippen LogP contribution < -0.4 is 10.4 Å². The van der Waals surface area contributed by atoms with E-state index in [1.165, 1.54) is 29.6 Å². The summed E-state index contributed by atoms with van der Waals surface area (Å²) in [5.41, 5.74) is -5.77. The predicted molar refractivity (Wildman–Crippen MR) is 128 cm³/mol. The van der Waals surface area contributed by atoms with Gasteiger partial charge in [0.25, 0.3) is 9.84 Å². The first-order valence-corrected chi connectivity index (χ1v) is 13.9. The summed E-state index contributed by atoms with van der Waals surface area (Å²) in [7, 11) is -9.47. The largest absolute Gasteiger partial charge is 0.501 e. The number of rotatable bonds is 7. The number of anilines is 1. The van der Waals surface area contributed by atoms with E-state index in [1.54, 1.807) is 0 Å². The number of imidazole rings is 1. The highest BCUT2D eigenvalue weighted by atomic mass is 32.2. The Morgan fingerprint density at radius 3 is 2.32 bits per heavy atom. The average molecular weight is 578 g/mol. The molecule has 2 N–H and O–H groups in total. The molecule has 0 saturated carbocycles. The fraction of sp³-hybridized carbons (Fsp3) is 0.333. The number of hydrogen-bond donors (Lipinski definition) is 2. The molecule has 17 heteroatoms. The van der Waals surface area contributed by atoms with Gasteiger partial charge in [0.2, 0.25) is 5.88 Å². The van der Waals surface area contributed by atoms with Crippen LogP contribution in [0.1, 0.15) is 11.3 Å². The second-order valence-electron chi connectivity index (χ2n) is 8.22. The summed E-state index contributed by atoms with van der Waals surface area (Å²) in [6, 6.07) is 6.25. The smallest absolute Gasteiger partial charge is 0.493 e. The molecule has 1 aromatic carbocycles. The Hall–Kier alpha value is -3.41. The van der Waals surface area contributed by atoms with Gasteiger partial charge in [-0.25, -0.2) is 22.8 Å². The summed E-state index contributed by atoms with van der Waals surface area (Å²) in [4.78, 5) is 16.1. The highest BCUT2D eigenvalue weighted by Gasteiger charge is 2.46. The Balaban J connectivity index is 1.60. The zero-order chi connectivity index (χ0) is 27.9. The van der Waals surface area contributed by atoms with Gasteiger partial charge in [0, 0.05) is 19.3 Å². The number of ether oxygens (including phenoxy) is 1. The van der Waals surface area contributed by atoms with E-state index in [-0.39, 0.29) is 50.0 Å². The monoisotopic (exact) mass is 577 g/mol. The van der Waals surface area contributed by atoms with Crippen LogP contribution in [0.4, 0.5) is 19.0 Å². The molecule has 2 aromatic heterocycles. The molecular formula is C21H22F3N5O7S2. The molecule has 0 bridgehead atoms. The van der Waals surface area contributed by atoms with Crippen LogP contribution in [0.3, 0.4) is 0 Å². The predicted octanol–water partition coefficient (Wildman–Crippen LogP) is 1.38. The number of nitrogens with zero attached hydrogens (tertiary/aromatic N) is 4. The lowest BCUT2D eigenvalue weighted by molar-refractivity contribution is -0.0436. The number of hydrogen-bond acceptors (Lipinski definition) is 8. The Bertz CT molecular complexity index is 1610. The van der Waals surface area contributed by atoms with Crippen LogP contribution in [-0.4, -0.2) is 72.2 Å². The van der Waals surface area contributed by atoms with Gasteiger partial charge >= 0.3 is 21.4 Å². The number of benzene rings is 1. The summed E-state index contributed by atoms with van der Waals surface area (Å²) in [5.74, 6) is -0.506. The topological polar surface area (TPSA) is 153 Å². The number of morpholine rings is 1. The molecule has 1 fully saturated rings. The summed E-state index contributed by atoms with van der Waals surface area (Å²) < 4.78 is 97.6. The van der Waals surface area contributed by atoms with Crippen molar-refractivity contribution >= 4 is 25.9 Å². The molecule has 1 aliphatic rings. The molecule has 3 heterocycles. The molecule has 0 amide bonds. The van der Waals surface area contributed by atoms with Gasteiger partial charge < -0.3 is 9.84 Å². The van der Waals surface area contributed by atoms with Crippen molar-refractivity contribution in [2.75, 3.05) is 31.0 Å². The lowest BCUT2D eigenvalue weighted by Gasteiger charge is -2.26. The number of aromatic hydroxyl groups is 1. The van der Waals surface area contributed by atoms with Crippen LogP contribution in [-0.2, 0) is 31.3 Å². The van der Waals surface area contributed by atoms with E-state index < -0.39 is 42.0 Å². The van der Waals surface area contributed by atoms with Gasteiger partial charge in [0.05, 0.1) is 36.0 Å². The second kappa shape index (κ2) is 10.0. The molecule has 1 saturated heterocycles. The number of alkyl halides is 3. The Morgan fingerprint density at radius 1 is 1.08 bits per heavy atom. The number of pyridine rings is 1. The maximum Gasteiger partial charge on any atom is 0.501 e. The highest BCUT2D eigenvalue weighted by molar-refractivity contribution is 7.92. The van der Waals surface area contributed by atoms with Gasteiger partial charge in [-0.15, -0.1) is 0 Å². The van der Waals surface area contributed by atoms with Crippen LogP contribution >= 0.6 is 0 Å². The van der Waals surface area contributed by atoms with Crippen molar-refractivity contribution in [3.8, 4) is 11.6 Å². The van der Waals surface area contributed by atoms with Crippen LogP contribution in [0.15, 0.2) is 52.3 Å². The lowest BCUT2D eigenvalue weighted by Crippen LogP contribution is -2.43. The molecule has 206 valence electrons. The molecule has 38 heavy (non-hydrogen) atoms. The summed E-state index contributed by atoms with van der Waals surface area (Å²) in [6.07, 6.45) is 1.34. The quantitative estimate of drug-likeness (QED) is 0.427. The molecular weight excluding hydrogens is 555 g/mol. The Kier molecular flexibility index (Phi) is 7.30. The zero-order valence-corrected chi connectivity index (χ0v) is 21.3. The molecule has 0 spiro atoms. The van der Waals surface area contributed by atoms with Gasteiger partial charge in [-0.2, -0.15) is 25.9 Å². The molecule has 0 radical (unpaired) electrons. The third-order valence-corrected chi connectivity index (χ3v) is 8.80. The first kappa shape index (κ1) is 27.6. The molecule has 0 unspecified atom stereocenters. The van der Waals surface area contributed by atoms with Gasteiger partial charge in [-0.3, -0.25) is 9.29 Å². The third kappa shape index (κ3) is 5.27. The minimum Gasteiger partial charge on any atom is -0.493 e.